The van der Waals surface area contributed by atoms with Crippen LogP contribution in [0.3, 0.4) is 0 Å². The van der Waals surface area contributed by atoms with Crippen LogP contribution in [0.2, 0.25) is 0 Å². The number of aliphatic hydroxyl groups is 1. The van der Waals surface area contributed by atoms with E-state index < -0.39 is 24.5 Å². The summed E-state index contributed by atoms with van der Waals surface area (Å²) in [6.45, 7) is 6.31. The van der Waals surface area contributed by atoms with Crippen molar-refractivity contribution in [3.05, 3.63) is 89.0 Å². The molecule has 45 heavy (non-hydrogen) atoms. The lowest BCUT2D eigenvalue weighted by atomic mass is 9.84. The molecule has 3 amide bonds. The Bertz CT molecular complexity index is 1650. The van der Waals surface area contributed by atoms with E-state index in [9.17, 15) is 19.5 Å². The predicted molar refractivity (Wildman–Crippen MR) is 178 cm³/mol. The molecule has 0 unspecified atom stereocenters. The largest absolute Gasteiger partial charge is 0.479 e. The third-order valence-electron chi connectivity index (χ3n) is 8.29. The van der Waals surface area contributed by atoms with Crippen molar-refractivity contribution in [1.82, 2.24) is 10.3 Å². The van der Waals surface area contributed by atoms with Crippen LogP contribution in [0.15, 0.2) is 66.7 Å². The molecule has 0 radical (unpaired) electrons. The number of thiazole rings is 1. The summed E-state index contributed by atoms with van der Waals surface area (Å²) in [5.74, 6) is -1.36. The smallest absolute Gasteiger partial charge is 0.334 e. The Balaban J connectivity index is 1.36. The van der Waals surface area contributed by atoms with Crippen molar-refractivity contribution in [3.63, 3.8) is 0 Å². The third-order valence-corrected chi connectivity index (χ3v) is 9.24. The zero-order chi connectivity index (χ0) is 32.1. The Morgan fingerprint density at radius 1 is 0.978 bits per heavy atom. The maximum absolute atomic E-state index is 13.8. The van der Waals surface area contributed by atoms with E-state index in [2.05, 4.69) is 55.7 Å². The maximum Gasteiger partial charge on any atom is 0.334 e. The first kappa shape index (κ1) is 32.1. The van der Waals surface area contributed by atoms with Crippen molar-refractivity contribution in [1.29, 1.82) is 0 Å². The fourth-order valence-electron chi connectivity index (χ4n) is 5.57. The topological polar surface area (TPSA) is 132 Å². The van der Waals surface area contributed by atoms with E-state index in [0.29, 0.717) is 16.6 Å². The zero-order valence-electron chi connectivity index (χ0n) is 25.9. The predicted octanol–water partition coefficient (Wildman–Crippen LogP) is 7.06. The lowest BCUT2D eigenvalue weighted by Gasteiger charge is -2.25. The lowest BCUT2D eigenvalue weighted by molar-refractivity contribution is -0.146. The van der Waals surface area contributed by atoms with Crippen LogP contribution in [0.4, 0.5) is 15.6 Å². The van der Waals surface area contributed by atoms with E-state index in [1.165, 1.54) is 54.6 Å². The second-order valence-corrected chi connectivity index (χ2v) is 13.7. The highest BCUT2D eigenvalue weighted by molar-refractivity contribution is 7.22. The maximum atomic E-state index is 13.8. The Morgan fingerprint density at radius 3 is 2.31 bits per heavy atom. The number of urea groups is 1. The van der Waals surface area contributed by atoms with Crippen molar-refractivity contribution in [3.8, 4) is 0 Å². The molecule has 9 nitrogen and oxygen atoms in total. The number of aliphatic hydroxyl groups excluding tert-OH is 1. The van der Waals surface area contributed by atoms with E-state index in [-0.39, 0.29) is 18.0 Å². The molecule has 1 aliphatic rings. The molecule has 10 heteroatoms. The second kappa shape index (κ2) is 13.8. The summed E-state index contributed by atoms with van der Waals surface area (Å²) in [7, 11) is 0. The molecule has 1 fully saturated rings. The van der Waals surface area contributed by atoms with Gasteiger partial charge in [0.25, 0.3) is 5.91 Å². The number of benzene rings is 3. The van der Waals surface area contributed by atoms with Gasteiger partial charge in [-0.05, 0) is 77.3 Å². The van der Waals surface area contributed by atoms with Gasteiger partial charge in [0.1, 0.15) is 0 Å². The molecule has 1 saturated carbocycles. The third kappa shape index (κ3) is 8.06. The SMILES string of the molecule is CC(C)(C)c1ccc2sc(NC(=O)N(Cc3ccc(C(=O)NC[C@@H](O)C(=O)O)cc3)c3ccc(C4CCCCC4)cc3)nc2c1. The average Bonchev–Trinajstić information content (AvgIpc) is 3.44. The summed E-state index contributed by atoms with van der Waals surface area (Å²) in [6.07, 6.45) is 4.47. The molecule has 1 aromatic heterocycles. The number of carboxylic acid groups (broad SMARTS) is 1. The second-order valence-electron chi connectivity index (χ2n) is 12.7. The number of hydrogen-bond acceptors (Lipinski definition) is 6. The van der Waals surface area contributed by atoms with Gasteiger partial charge in [0.15, 0.2) is 11.2 Å². The van der Waals surface area contributed by atoms with E-state index in [1.807, 2.05) is 18.2 Å². The Labute approximate surface area is 267 Å². The number of rotatable bonds is 9. The number of aromatic nitrogens is 1. The van der Waals surface area contributed by atoms with Crippen LogP contribution in [-0.2, 0) is 16.8 Å². The number of nitrogens with one attached hydrogen (secondary N) is 2. The van der Waals surface area contributed by atoms with Gasteiger partial charge in [-0.2, -0.15) is 0 Å². The van der Waals surface area contributed by atoms with Crippen LogP contribution >= 0.6 is 11.3 Å². The molecule has 1 aliphatic carbocycles. The molecule has 4 aromatic rings. The van der Waals surface area contributed by atoms with Crippen molar-refractivity contribution < 1.29 is 24.6 Å². The molecule has 0 spiro atoms. The van der Waals surface area contributed by atoms with Gasteiger partial charge in [0.2, 0.25) is 0 Å². The van der Waals surface area contributed by atoms with Crippen LogP contribution in [0, 0.1) is 0 Å². The first-order valence-electron chi connectivity index (χ1n) is 15.4. The number of carbonyl (C=O) groups is 3. The molecule has 1 heterocycles. The Kier molecular flexibility index (Phi) is 9.84. The molecular weight excluding hydrogens is 588 g/mol. The normalized spacial score (nSPS) is 14.6. The Hall–Kier alpha value is -4.28. The number of amides is 3. The number of aliphatic carboxylic acids is 1. The lowest BCUT2D eigenvalue weighted by Crippen LogP contribution is -2.36. The minimum atomic E-state index is -1.68. The molecule has 3 aromatic carbocycles. The zero-order valence-corrected chi connectivity index (χ0v) is 26.7. The van der Waals surface area contributed by atoms with Gasteiger partial charge in [-0.1, -0.05) is 81.7 Å². The molecule has 0 saturated heterocycles. The van der Waals surface area contributed by atoms with Crippen LogP contribution in [-0.4, -0.2) is 45.8 Å². The average molecular weight is 629 g/mol. The van der Waals surface area contributed by atoms with Crippen molar-refractivity contribution in [2.45, 2.75) is 76.9 Å². The molecule has 0 bridgehead atoms. The number of carbonyl (C=O) groups excluding carboxylic acids is 2. The van der Waals surface area contributed by atoms with Gasteiger partial charge < -0.3 is 15.5 Å². The number of carboxylic acids is 1. The summed E-state index contributed by atoms with van der Waals surface area (Å²) >= 11 is 1.43. The monoisotopic (exact) mass is 628 g/mol. The van der Waals surface area contributed by atoms with Gasteiger partial charge >= 0.3 is 12.0 Å². The van der Waals surface area contributed by atoms with Gasteiger partial charge in [0, 0.05) is 11.3 Å². The fraction of sp³-hybridized carbons (Fsp3) is 0.371. The minimum absolute atomic E-state index is 0.0161. The highest BCUT2D eigenvalue weighted by Crippen LogP contribution is 2.34. The number of fused-ring (bicyclic) bond motifs is 1. The van der Waals surface area contributed by atoms with E-state index in [4.69, 9.17) is 10.1 Å². The molecular formula is C35H40N4O5S. The van der Waals surface area contributed by atoms with Crippen molar-refractivity contribution in [2.24, 2.45) is 0 Å². The van der Waals surface area contributed by atoms with Gasteiger partial charge in [-0.3, -0.25) is 15.0 Å². The molecule has 4 N–H and O–H groups in total. The fourth-order valence-corrected chi connectivity index (χ4v) is 6.41. The first-order valence-corrected chi connectivity index (χ1v) is 16.2. The number of nitrogens with zero attached hydrogens (tertiary/aromatic N) is 2. The van der Waals surface area contributed by atoms with Crippen LogP contribution in [0.5, 0.6) is 0 Å². The summed E-state index contributed by atoms with van der Waals surface area (Å²) in [6, 6.07) is 20.9. The van der Waals surface area contributed by atoms with E-state index in [0.717, 1.165) is 21.5 Å². The van der Waals surface area contributed by atoms with Crippen LogP contribution in [0.25, 0.3) is 10.2 Å². The van der Waals surface area contributed by atoms with E-state index >= 15 is 0 Å². The van der Waals surface area contributed by atoms with Crippen molar-refractivity contribution >= 4 is 50.3 Å². The van der Waals surface area contributed by atoms with Crippen LogP contribution in [0.1, 0.15) is 85.8 Å². The summed E-state index contributed by atoms with van der Waals surface area (Å²) in [5, 5.41) is 24.2. The molecule has 5 rings (SSSR count). The summed E-state index contributed by atoms with van der Waals surface area (Å²) in [5.41, 5.74) is 5.15. The molecule has 0 aliphatic heterocycles. The molecule has 236 valence electrons. The highest BCUT2D eigenvalue weighted by Gasteiger charge is 2.22. The molecule has 1 atom stereocenters. The van der Waals surface area contributed by atoms with Gasteiger partial charge in [-0.25, -0.2) is 14.6 Å². The number of anilines is 2. The standard InChI is InChI=1S/C35H40N4O5S/c1-35(2,3)26-15-18-30-28(19-26)37-33(45-30)38-34(44)39(27-16-13-24(14-17-27)23-7-5-4-6-8-23)21-22-9-11-25(12-10-22)31(41)36-20-29(40)32(42)43/h9-19,23,29,40H,4-8,20-21H2,1-3H3,(H,36,41)(H,42,43)(H,37,38,44)/t29-/m1/s1. The Morgan fingerprint density at radius 2 is 1.67 bits per heavy atom. The first-order chi connectivity index (χ1) is 21.5. The van der Waals surface area contributed by atoms with Crippen LogP contribution < -0.4 is 15.5 Å². The highest BCUT2D eigenvalue weighted by atomic mass is 32.1. The van der Waals surface area contributed by atoms with E-state index in [1.54, 1.807) is 29.2 Å². The van der Waals surface area contributed by atoms with Gasteiger partial charge in [0.05, 0.1) is 23.3 Å². The quantitative estimate of drug-likeness (QED) is 0.157. The minimum Gasteiger partial charge on any atom is -0.479 e. The summed E-state index contributed by atoms with van der Waals surface area (Å²) < 4.78 is 0.992. The summed E-state index contributed by atoms with van der Waals surface area (Å²) in [4.78, 5) is 43.5. The number of hydrogen-bond donors (Lipinski definition) is 4. The van der Waals surface area contributed by atoms with Gasteiger partial charge in [-0.15, -0.1) is 0 Å². The van der Waals surface area contributed by atoms with Crippen molar-refractivity contribution in [2.75, 3.05) is 16.8 Å².